The molecule has 1 atom stereocenters. The van der Waals surface area contributed by atoms with Crippen LogP contribution in [-0.4, -0.2) is 55.8 Å². The Bertz CT molecular complexity index is 999. The number of sulfonamides is 1. The minimum absolute atomic E-state index is 0.0126. The topological polar surface area (TPSA) is 60.9 Å². The molecular formula is C22H27N3O3S. The number of carbonyl (C=O) groups is 1. The summed E-state index contributed by atoms with van der Waals surface area (Å²) in [5, 5.41) is 0. The Morgan fingerprint density at radius 3 is 2.38 bits per heavy atom. The normalized spacial score (nSPS) is 20.6. The number of rotatable bonds is 4. The second kappa shape index (κ2) is 7.89. The summed E-state index contributed by atoms with van der Waals surface area (Å²) in [5.41, 5.74) is 3.00. The molecule has 0 aromatic heterocycles. The molecule has 2 heterocycles. The first-order chi connectivity index (χ1) is 13.9. The van der Waals surface area contributed by atoms with Crippen LogP contribution in [0, 0.1) is 0 Å². The SMILES string of the molecule is CC(=O)N1c2ccc(S(=O)(=O)N3CCN(Cc4ccccc4)CC3)cc2C[C@@H]1C. The summed E-state index contributed by atoms with van der Waals surface area (Å²) < 4.78 is 27.9. The lowest BCUT2D eigenvalue weighted by Crippen LogP contribution is -2.48. The smallest absolute Gasteiger partial charge is 0.243 e. The third kappa shape index (κ3) is 3.95. The lowest BCUT2D eigenvalue weighted by molar-refractivity contribution is -0.116. The zero-order chi connectivity index (χ0) is 20.6. The van der Waals surface area contributed by atoms with E-state index in [0.29, 0.717) is 37.5 Å². The van der Waals surface area contributed by atoms with E-state index in [0.717, 1.165) is 17.8 Å². The van der Waals surface area contributed by atoms with Crippen LogP contribution in [-0.2, 0) is 27.8 Å². The fraction of sp³-hybridized carbons (Fsp3) is 0.409. The summed E-state index contributed by atoms with van der Waals surface area (Å²) in [4.78, 5) is 16.3. The number of fused-ring (bicyclic) bond motifs is 1. The Morgan fingerprint density at radius 1 is 1.03 bits per heavy atom. The van der Waals surface area contributed by atoms with E-state index >= 15 is 0 Å². The van der Waals surface area contributed by atoms with Crippen molar-refractivity contribution in [1.82, 2.24) is 9.21 Å². The van der Waals surface area contributed by atoms with Gasteiger partial charge in [0, 0.05) is 51.4 Å². The fourth-order valence-corrected chi connectivity index (χ4v) is 5.84. The Labute approximate surface area is 172 Å². The molecule has 0 spiro atoms. The van der Waals surface area contributed by atoms with E-state index in [-0.39, 0.29) is 11.9 Å². The van der Waals surface area contributed by atoms with Crippen molar-refractivity contribution in [2.75, 3.05) is 31.1 Å². The lowest BCUT2D eigenvalue weighted by atomic mass is 10.1. The summed E-state index contributed by atoms with van der Waals surface area (Å²) in [7, 11) is -3.53. The third-order valence-corrected chi connectivity index (χ3v) is 7.72. The van der Waals surface area contributed by atoms with Gasteiger partial charge in [-0.2, -0.15) is 4.31 Å². The molecule has 2 aromatic carbocycles. The van der Waals surface area contributed by atoms with Crippen molar-refractivity contribution < 1.29 is 13.2 Å². The Hall–Kier alpha value is -2.22. The van der Waals surface area contributed by atoms with Crippen molar-refractivity contribution in [3.63, 3.8) is 0 Å². The molecule has 0 aliphatic carbocycles. The highest BCUT2D eigenvalue weighted by Gasteiger charge is 2.33. The van der Waals surface area contributed by atoms with Crippen LogP contribution in [0.2, 0.25) is 0 Å². The molecule has 4 rings (SSSR count). The van der Waals surface area contributed by atoms with Crippen molar-refractivity contribution >= 4 is 21.6 Å². The standard InChI is InChI=1S/C22H27N3O3S/c1-17-14-20-15-21(8-9-22(20)25(17)18(2)26)29(27,28)24-12-10-23(11-13-24)16-19-6-4-3-5-7-19/h3-9,15,17H,10-14,16H2,1-2H3/t17-/m0/s1. The van der Waals surface area contributed by atoms with Crippen molar-refractivity contribution in [1.29, 1.82) is 0 Å². The summed E-state index contributed by atoms with van der Waals surface area (Å²) in [6.07, 6.45) is 0.684. The zero-order valence-electron chi connectivity index (χ0n) is 16.9. The van der Waals surface area contributed by atoms with Gasteiger partial charge < -0.3 is 4.90 Å². The van der Waals surface area contributed by atoms with Crippen LogP contribution in [0.1, 0.15) is 25.0 Å². The lowest BCUT2D eigenvalue weighted by Gasteiger charge is -2.34. The van der Waals surface area contributed by atoms with Gasteiger partial charge in [-0.3, -0.25) is 9.69 Å². The van der Waals surface area contributed by atoms with Crippen LogP contribution < -0.4 is 4.90 Å². The Kier molecular flexibility index (Phi) is 5.46. The maximum absolute atomic E-state index is 13.2. The largest absolute Gasteiger partial charge is 0.309 e. The van der Waals surface area contributed by atoms with Crippen LogP contribution >= 0.6 is 0 Å². The van der Waals surface area contributed by atoms with Gasteiger partial charge >= 0.3 is 0 Å². The minimum atomic E-state index is -3.53. The summed E-state index contributed by atoms with van der Waals surface area (Å²) in [6, 6.07) is 15.5. The van der Waals surface area contributed by atoms with Crippen molar-refractivity contribution in [3.05, 3.63) is 59.7 Å². The van der Waals surface area contributed by atoms with E-state index in [1.54, 1.807) is 34.3 Å². The number of hydrogen-bond donors (Lipinski definition) is 0. The van der Waals surface area contributed by atoms with Gasteiger partial charge in [0.05, 0.1) is 4.90 Å². The molecule has 2 aromatic rings. The molecule has 29 heavy (non-hydrogen) atoms. The second-order valence-electron chi connectivity index (χ2n) is 7.90. The molecule has 0 radical (unpaired) electrons. The molecule has 0 saturated carbocycles. The maximum Gasteiger partial charge on any atom is 0.243 e. The zero-order valence-corrected chi connectivity index (χ0v) is 17.7. The van der Waals surface area contributed by atoms with E-state index < -0.39 is 10.0 Å². The highest BCUT2D eigenvalue weighted by molar-refractivity contribution is 7.89. The van der Waals surface area contributed by atoms with Crippen LogP contribution in [0.3, 0.4) is 0 Å². The second-order valence-corrected chi connectivity index (χ2v) is 9.84. The van der Waals surface area contributed by atoms with Gasteiger partial charge in [-0.15, -0.1) is 0 Å². The van der Waals surface area contributed by atoms with E-state index in [9.17, 15) is 13.2 Å². The number of amides is 1. The molecule has 1 fully saturated rings. The van der Waals surface area contributed by atoms with Crippen molar-refractivity contribution in [2.24, 2.45) is 0 Å². The molecule has 1 saturated heterocycles. The molecule has 0 unspecified atom stereocenters. The third-order valence-electron chi connectivity index (χ3n) is 5.82. The monoisotopic (exact) mass is 413 g/mol. The van der Waals surface area contributed by atoms with Gasteiger partial charge in [-0.05, 0) is 42.7 Å². The van der Waals surface area contributed by atoms with Crippen molar-refractivity contribution in [3.8, 4) is 0 Å². The van der Waals surface area contributed by atoms with E-state index in [1.165, 1.54) is 5.56 Å². The first-order valence-corrected chi connectivity index (χ1v) is 11.5. The molecule has 1 amide bonds. The van der Waals surface area contributed by atoms with E-state index in [1.807, 2.05) is 25.1 Å². The highest BCUT2D eigenvalue weighted by Crippen LogP contribution is 2.34. The predicted octanol–water partition coefficient (Wildman–Crippen LogP) is 2.49. The van der Waals surface area contributed by atoms with Crippen molar-refractivity contribution in [2.45, 2.75) is 37.8 Å². The number of piperazine rings is 1. The van der Waals surface area contributed by atoms with Gasteiger partial charge in [-0.25, -0.2) is 8.42 Å². The van der Waals surface area contributed by atoms with E-state index in [2.05, 4.69) is 17.0 Å². The number of nitrogens with zero attached hydrogens (tertiary/aromatic N) is 3. The number of anilines is 1. The molecule has 0 N–H and O–H groups in total. The first-order valence-electron chi connectivity index (χ1n) is 10.1. The highest BCUT2D eigenvalue weighted by atomic mass is 32.2. The predicted molar refractivity (Wildman–Crippen MR) is 113 cm³/mol. The first kappa shape index (κ1) is 20.1. The van der Waals surface area contributed by atoms with Crippen LogP contribution in [0.25, 0.3) is 0 Å². The molecule has 2 aliphatic rings. The van der Waals surface area contributed by atoms with Crippen LogP contribution in [0.15, 0.2) is 53.4 Å². The molecule has 2 aliphatic heterocycles. The Morgan fingerprint density at radius 2 is 1.72 bits per heavy atom. The summed E-state index contributed by atoms with van der Waals surface area (Å²) in [5.74, 6) is -0.0126. The average molecular weight is 414 g/mol. The minimum Gasteiger partial charge on any atom is -0.309 e. The molecule has 0 bridgehead atoms. The number of hydrogen-bond acceptors (Lipinski definition) is 4. The average Bonchev–Trinajstić information content (AvgIpc) is 3.04. The molecule has 154 valence electrons. The van der Waals surface area contributed by atoms with Gasteiger partial charge in [0.1, 0.15) is 0 Å². The van der Waals surface area contributed by atoms with Crippen LogP contribution in [0.4, 0.5) is 5.69 Å². The van der Waals surface area contributed by atoms with E-state index in [4.69, 9.17) is 0 Å². The number of benzene rings is 2. The van der Waals surface area contributed by atoms with Gasteiger partial charge in [0.2, 0.25) is 15.9 Å². The quantitative estimate of drug-likeness (QED) is 0.773. The van der Waals surface area contributed by atoms with Gasteiger partial charge in [0.15, 0.2) is 0 Å². The Balaban J connectivity index is 1.46. The molecular weight excluding hydrogens is 386 g/mol. The van der Waals surface area contributed by atoms with Gasteiger partial charge in [0.25, 0.3) is 0 Å². The summed E-state index contributed by atoms with van der Waals surface area (Å²) in [6.45, 7) is 6.78. The molecule has 7 heteroatoms. The molecule has 6 nitrogen and oxygen atoms in total. The van der Waals surface area contributed by atoms with Gasteiger partial charge in [-0.1, -0.05) is 30.3 Å². The van der Waals surface area contributed by atoms with Crippen LogP contribution in [0.5, 0.6) is 0 Å². The fourth-order valence-electron chi connectivity index (χ4n) is 4.37. The maximum atomic E-state index is 13.2. The summed E-state index contributed by atoms with van der Waals surface area (Å²) >= 11 is 0. The number of carbonyl (C=O) groups excluding carboxylic acids is 1.